The molecule has 3 rings (SSSR count). The molecule has 0 radical (unpaired) electrons. The van der Waals surface area contributed by atoms with Crippen molar-refractivity contribution in [3.63, 3.8) is 0 Å². The number of aromatic nitrogens is 2. The largest absolute Gasteiger partial charge is 0.496 e. The molecule has 0 spiro atoms. The molecule has 0 unspecified atom stereocenters. The highest BCUT2D eigenvalue weighted by atomic mass is 32.2. The molecule has 0 aliphatic carbocycles. The van der Waals surface area contributed by atoms with E-state index in [2.05, 4.69) is 15.3 Å². The zero-order valence-corrected chi connectivity index (χ0v) is 18.4. The van der Waals surface area contributed by atoms with E-state index >= 15 is 0 Å². The van der Waals surface area contributed by atoms with Crippen molar-refractivity contribution in [2.24, 2.45) is 15.9 Å². The average Bonchev–Trinajstić information content (AvgIpc) is 3.23. The minimum Gasteiger partial charge on any atom is -0.496 e. The highest BCUT2D eigenvalue weighted by Crippen LogP contribution is 2.27. The second kappa shape index (κ2) is 11.5. The lowest BCUT2D eigenvalue weighted by Gasteiger charge is -2.11. The molecule has 33 heavy (non-hydrogen) atoms. The van der Waals surface area contributed by atoms with Crippen molar-refractivity contribution in [3.8, 4) is 5.75 Å². The smallest absolute Gasteiger partial charge is 0.282 e. The van der Waals surface area contributed by atoms with Gasteiger partial charge in [0.1, 0.15) is 17.1 Å². The van der Waals surface area contributed by atoms with Crippen molar-refractivity contribution in [2.45, 2.75) is 25.1 Å². The van der Waals surface area contributed by atoms with Gasteiger partial charge in [-0.2, -0.15) is 10.2 Å². The lowest BCUT2D eigenvalue weighted by atomic mass is 10.1. The maximum atomic E-state index is 13.3. The van der Waals surface area contributed by atoms with E-state index in [1.54, 1.807) is 18.2 Å². The second-order valence-corrected chi connectivity index (χ2v) is 7.78. The van der Waals surface area contributed by atoms with Crippen LogP contribution in [0.1, 0.15) is 40.9 Å². The van der Waals surface area contributed by atoms with Gasteiger partial charge in [0.05, 0.1) is 19.9 Å². The fourth-order valence-electron chi connectivity index (χ4n) is 2.94. The standard InChI is InChI=1S/C22H21F4N5OS/c1-32-19-8-7-15(11-28-29-22(27)33-13-14-5-3-2-4-6-14)9-16(19)12-31-18(21(25)26)10-17(30-31)20(23)24/h2-11,20-21H,12-13H2,1H3,(H2,27,29). The molecule has 0 fully saturated rings. The molecule has 0 saturated carbocycles. The van der Waals surface area contributed by atoms with Gasteiger partial charge in [-0.05, 0) is 35.4 Å². The van der Waals surface area contributed by atoms with Gasteiger partial charge in [0.25, 0.3) is 12.9 Å². The Kier molecular flexibility index (Phi) is 8.47. The van der Waals surface area contributed by atoms with Crippen molar-refractivity contribution in [1.82, 2.24) is 9.78 Å². The molecule has 1 aromatic heterocycles. The van der Waals surface area contributed by atoms with Crippen LogP contribution in [0.5, 0.6) is 5.75 Å². The van der Waals surface area contributed by atoms with Gasteiger partial charge in [-0.3, -0.25) is 4.68 Å². The Bertz CT molecular complexity index is 1120. The number of ether oxygens (including phenoxy) is 1. The van der Waals surface area contributed by atoms with Crippen LogP contribution < -0.4 is 10.5 Å². The highest BCUT2D eigenvalue weighted by Gasteiger charge is 2.22. The van der Waals surface area contributed by atoms with Crippen LogP contribution >= 0.6 is 11.8 Å². The van der Waals surface area contributed by atoms with Crippen LogP contribution in [0.3, 0.4) is 0 Å². The molecular formula is C22H21F4N5OS. The van der Waals surface area contributed by atoms with E-state index in [0.717, 1.165) is 10.2 Å². The minimum atomic E-state index is -2.95. The number of hydrogen-bond donors (Lipinski definition) is 1. The van der Waals surface area contributed by atoms with Crippen molar-refractivity contribution >= 4 is 23.1 Å². The minimum absolute atomic E-state index is 0.185. The maximum absolute atomic E-state index is 13.3. The predicted molar refractivity (Wildman–Crippen MR) is 121 cm³/mol. The number of hydrogen-bond acceptors (Lipinski definition) is 5. The summed E-state index contributed by atoms with van der Waals surface area (Å²) >= 11 is 1.33. The topological polar surface area (TPSA) is 77.8 Å². The molecular weight excluding hydrogens is 458 g/mol. The number of thioether (sulfide) groups is 1. The first kappa shape index (κ1) is 24.3. The number of benzene rings is 2. The van der Waals surface area contributed by atoms with Gasteiger partial charge in [0.2, 0.25) is 0 Å². The molecule has 0 bridgehead atoms. The number of amidine groups is 1. The van der Waals surface area contributed by atoms with Crippen LogP contribution in [0.2, 0.25) is 0 Å². The zero-order chi connectivity index (χ0) is 23.8. The molecule has 1 heterocycles. The van der Waals surface area contributed by atoms with Gasteiger partial charge >= 0.3 is 0 Å². The molecule has 174 valence electrons. The van der Waals surface area contributed by atoms with Gasteiger partial charge in [0.15, 0.2) is 5.17 Å². The Balaban J connectivity index is 1.74. The van der Waals surface area contributed by atoms with E-state index in [1.165, 1.54) is 25.1 Å². The summed E-state index contributed by atoms with van der Waals surface area (Å²) in [4.78, 5) is 0. The molecule has 3 aromatic rings. The Morgan fingerprint density at radius 3 is 2.55 bits per heavy atom. The fraction of sp³-hybridized carbons (Fsp3) is 0.227. The summed E-state index contributed by atoms with van der Waals surface area (Å²) in [7, 11) is 1.42. The average molecular weight is 480 g/mol. The number of nitrogens with zero attached hydrogens (tertiary/aromatic N) is 4. The SMILES string of the molecule is COc1ccc(C=NN=C(N)SCc2ccccc2)cc1Cn1nc(C(F)F)cc1C(F)F. The van der Waals surface area contributed by atoms with Gasteiger partial charge in [-0.15, -0.1) is 5.10 Å². The second-order valence-electron chi connectivity index (χ2n) is 6.78. The van der Waals surface area contributed by atoms with E-state index < -0.39 is 24.2 Å². The van der Waals surface area contributed by atoms with Crippen molar-refractivity contribution in [1.29, 1.82) is 0 Å². The normalized spacial score (nSPS) is 12.3. The van der Waals surface area contributed by atoms with Gasteiger partial charge < -0.3 is 10.5 Å². The molecule has 0 saturated heterocycles. The third-order valence-corrected chi connectivity index (χ3v) is 5.35. The molecule has 6 nitrogen and oxygen atoms in total. The molecule has 11 heteroatoms. The quantitative estimate of drug-likeness (QED) is 0.193. The molecule has 0 aliphatic rings. The maximum Gasteiger partial charge on any atom is 0.282 e. The van der Waals surface area contributed by atoms with Crippen LogP contribution in [-0.2, 0) is 12.3 Å². The Hall–Kier alpha value is -3.34. The third kappa shape index (κ3) is 6.82. The van der Waals surface area contributed by atoms with E-state index in [0.29, 0.717) is 28.7 Å². The Morgan fingerprint density at radius 1 is 1.12 bits per heavy atom. The monoisotopic (exact) mass is 479 g/mol. The van der Waals surface area contributed by atoms with Crippen LogP contribution in [0.15, 0.2) is 64.8 Å². The van der Waals surface area contributed by atoms with Crippen LogP contribution in [0.4, 0.5) is 17.6 Å². The zero-order valence-electron chi connectivity index (χ0n) is 17.5. The Morgan fingerprint density at radius 2 is 1.88 bits per heavy atom. The molecule has 0 atom stereocenters. The summed E-state index contributed by atoms with van der Waals surface area (Å²) in [6.07, 6.45) is -4.46. The lowest BCUT2D eigenvalue weighted by molar-refractivity contribution is 0.139. The van der Waals surface area contributed by atoms with E-state index in [9.17, 15) is 17.6 Å². The van der Waals surface area contributed by atoms with E-state index in [-0.39, 0.29) is 11.7 Å². The summed E-state index contributed by atoms with van der Waals surface area (Å²) in [5.74, 6) is 1.04. The first-order chi connectivity index (χ1) is 15.9. The third-order valence-electron chi connectivity index (χ3n) is 4.49. The number of nitrogens with two attached hydrogens (primary N) is 1. The van der Waals surface area contributed by atoms with Gasteiger partial charge in [-0.25, -0.2) is 17.6 Å². The first-order valence-corrected chi connectivity index (χ1v) is 10.7. The van der Waals surface area contributed by atoms with E-state index in [4.69, 9.17) is 10.5 Å². The van der Waals surface area contributed by atoms with Crippen molar-refractivity contribution in [2.75, 3.05) is 7.11 Å². The number of rotatable bonds is 9. The number of methoxy groups -OCH3 is 1. The summed E-state index contributed by atoms with van der Waals surface area (Å²) in [6.45, 7) is -0.185. The van der Waals surface area contributed by atoms with Crippen molar-refractivity contribution < 1.29 is 22.3 Å². The summed E-state index contributed by atoms with van der Waals surface area (Å²) in [5.41, 5.74) is 6.72. The van der Waals surface area contributed by atoms with Gasteiger partial charge in [-0.1, -0.05) is 42.1 Å². The molecule has 2 aromatic carbocycles. The number of halogens is 4. The molecule has 0 amide bonds. The number of alkyl halides is 4. The Labute approximate surface area is 192 Å². The van der Waals surface area contributed by atoms with Gasteiger partial charge in [0, 0.05) is 11.3 Å². The summed E-state index contributed by atoms with van der Waals surface area (Å²) in [6, 6.07) is 15.4. The highest BCUT2D eigenvalue weighted by molar-refractivity contribution is 8.13. The lowest BCUT2D eigenvalue weighted by Crippen LogP contribution is -2.09. The van der Waals surface area contributed by atoms with Crippen molar-refractivity contribution in [3.05, 3.63) is 82.7 Å². The molecule has 2 N–H and O–H groups in total. The van der Waals surface area contributed by atoms with Crippen LogP contribution in [-0.4, -0.2) is 28.3 Å². The van der Waals surface area contributed by atoms with E-state index in [1.807, 2.05) is 30.3 Å². The first-order valence-electron chi connectivity index (χ1n) is 9.71. The van der Waals surface area contributed by atoms with Crippen LogP contribution in [0.25, 0.3) is 0 Å². The summed E-state index contributed by atoms with van der Waals surface area (Å²) in [5, 5.41) is 11.8. The summed E-state index contributed by atoms with van der Waals surface area (Å²) < 4.78 is 58.6. The predicted octanol–water partition coefficient (Wildman–Crippen LogP) is 5.40. The molecule has 0 aliphatic heterocycles. The van der Waals surface area contributed by atoms with Crippen LogP contribution in [0, 0.1) is 0 Å². The fourth-order valence-corrected chi connectivity index (χ4v) is 3.55.